The molecule has 0 unspecified atom stereocenters. The molecule has 5 nitrogen and oxygen atoms in total. The van der Waals surface area contributed by atoms with E-state index in [4.69, 9.17) is 9.26 Å². The van der Waals surface area contributed by atoms with Crippen molar-refractivity contribution in [3.8, 4) is 5.88 Å². The number of carbonyl (C=O) groups is 1. The minimum absolute atomic E-state index is 0.0981. The first-order chi connectivity index (χ1) is 12.8. The highest BCUT2D eigenvalue weighted by Gasteiger charge is 2.15. The van der Waals surface area contributed by atoms with Crippen molar-refractivity contribution >= 4 is 22.4 Å². The first-order valence-electron chi connectivity index (χ1n) is 8.22. The SMILES string of the molecule is O=C(Nc1cccc2ccccc12)c1cc(OCc2ccccc2)no1. The Morgan fingerprint density at radius 3 is 2.62 bits per heavy atom. The second-order valence-corrected chi connectivity index (χ2v) is 5.78. The van der Waals surface area contributed by atoms with Crippen molar-refractivity contribution < 1.29 is 14.1 Å². The van der Waals surface area contributed by atoms with Crippen LogP contribution in [0, 0.1) is 0 Å². The van der Waals surface area contributed by atoms with Crippen LogP contribution in [0.25, 0.3) is 10.8 Å². The highest BCUT2D eigenvalue weighted by atomic mass is 16.5. The summed E-state index contributed by atoms with van der Waals surface area (Å²) in [6, 6.07) is 24.8. The lowest BCUT2D eigenvalue weighted by Gasteiger charge is -2.06. The molecule has 5 heteroatoms. The zero-order chi connectivity index (χ0) is 17.8. The molecule has 4 rings (SSSR count). The van der Waals surface area contributed by atoms with E-state index in [1.54, 1.807) is 0 Å². The van der Waals surface area contributed by atoms with Crippen molar-refractivity contribution in [1.29, 1.82) is 0 Å². The summed E-state index contributed by atoms with van der Waals surface area (Å²) in [5, 5.41) is 8.67. The van der Waals surface area contributed by atoms with E-state index in [0.717, 1.165) is 22.0 Å². The summed E-state index contributed by atoms with van der Waals surface area (Å²) < 4.78 is 10.7. The van der Waals surface area contributed by atoms with Gasteiger partial charge in [0, 0.05) is 11.1 Å². The number of nitrogens with zero attached hydrogens (tertiary/aromatic N) is 1. The Bertz CT molecular complexity index is 1040. The minimum Gasteiger partial charge on any atom is -0.471 e. The first kappa shape index (κ1) is 15.9. The van der Waals surface area contributed by atoms with Crippen molar-refractivity contribution in [3.63, 3.8) is 0 Å². The van der Waals surface area contributed by atoms with Crippen molar-refractivity contribution in [2.75, 3.05) is 5.32 Å². The van der Waals surface area contributed by atoms with Gasteiger partial charge in [-0.3, -0.25) is 4.79 Å². The molecule has 1 aromatic heterocycles. The van der Waals surface area contributed by atoms with Gasteiger partial charge in [-0.05, 0) is 22.2 Å². The van der Waals surface area contributed by atoms with Gasteiger partial charge in [0.15, 0.2) is 0 Å². The van der Waals surface area contributed by atoms with Gasteiger partial charge in [-0.25, -0.2) is 0 Å². The van der Waals surface area contributed by atoms with Crippen LogP contribution < -0.4 is 10.1 Å². The molecule has 0 aliphatic heterocycles. The van der Waals surface area contributed by atoms with Crippen LogP contribution in [-0.2, 0) is 6.61 Å². The lowest BCUT2D eigenvalue weighted by molar-refractivity contribution is 0.0987. The number of rotatable bonds is 5. The molecule has 0 saturated heterocycles. The number of hydrogen-bond acceptors (Lipinski definition) is 4. The lowest BCUT2D eigenvalue weighted by atomic mass is 10.1. The van der Waals surface area contributed by atoms with Gasteiger partial charge in [0.25, 0.3) is 11.8 Å². The maximum Gasteiger partial charge on any atom is 0.294 e. The quantitative estimate of drug-likeness (QED) is 0.572. The molecule has 1 N–H and O–H groups in total. The predicted octanol–water partition coefficient (Wildman–Crippen LogP) is 4.66. The molecule has 3 aromatic carbocycles. The number of ether oxygens (including phenoxy) is 1. The molecule has 0 radical (unpaired) electrons. The first-order valence-corrected chi connectivity index (χ1v) is 8.22. The van der Waals surface area contributed by atoms with Gasteiger partial charge in [-0.15, -0.1) is 0 Å². The van der Waals surface area contributed by atoms with E-state index in [0.29, 0.717) is 6.61 Å². The Morgan fingerprint density at radius 2 is 1.73 bits per heavy atom. The van der Waals surface area contributed by atoms with Crippen LogP contribution in [0.15, 0.2) is 83.4 Å². The van der Waals surface area contributed by atoms with Crippen LogP contribution in [0.2, 0.25) is 0 Å². The maximum absolute atomic E-state index is 12.4. The summed E-state index contributed by atoms with van der Waals surface area (Å²) in [4.78, 5) is 12.4. The summed E-state index contributed by atoms with van der Waals surface area (Å²) >= 11 is 0. The van der Waals surface area contributed by atoms with Gasteiger partial charge in [-0.1, -0.05) is 66.7 Å². The normalized spacial score (nSPS) is 10.6. The van der Waals surface area contributed by atoms with Crippen LogP contribution in [-0.4, -0.2) is 11.1 Å². The lowest BCUT2D eigenvalue weighted by Crippen LogP contribution is -2.11. The largest absolute Gasteiger partial charge is 0.471 e. The summed E-state index contributed by atoms with van der Waals surface area (Å²) in [6.45, 7) is 0.359. The minimum atomic E-state index is -0.372. The summed E-state index contributed by atoms with van der Waals surface area (Å²) in [6.07, 6.45) is 0. The Hall–Kier alpha value is -3.60. The third-order valence-corrected chi connectivity index (χ3v) is 3.98. The smallest absolute Gasteiger partial charge is 0.294 e. The fraction of sp³-hybridized carbons (Fsp3) is 0.0476. The van der Waals surface area contributed by atoms with Crippen LogP contribution >= 0.6 is 0 Å². The topological polar surface area (TPSA) is 64.4 Å². The van der Waals surface area contributed by atoms with Gasteiger partial charge in [0.2, 0.25) is 5.76 Å². The van der Waals surface area contributed by atoms with Gasteiger partial charge in [-0.2, -0.15) is 0 Å². The third-order valence-electron chi connectivity index (χ3n) is 3.98. The number of fused-ring (bicyclic) bond motifs is 1. The second-order valence-electron chi connectivity index (χ2n) is 5.78. The van der Waals surface area contributed by atoms with Gasteiger partial charge in [0.05, 0.1) is 6.07 Å². The van der Waals surface area contributed by atoms with Crippen LogP contribution in [0.1, 0.15) is 16.1 Å². The molecule has 26 heavy (non-hydrogen) atoms. The van der Waals surface area contributed by atoms with E-state index in [2.05, 4.69) is 10.5 Å². The Kier molecular flexibility index (Phi) is 4.35. The molecule has 0 aliphatic rings. The molecule has 0 fully saturated rings. The molecule has 128 valence electrons. The molecular formula is C21H16N2O3. The van der Waals surface area contributed by atoms with E-state index in [1.807, 2.05) is 72.8 Å². The highest BCUT2D eigenvalue weighted by molar-refractivity contribution is 6.07. The summed E-state index contributed by atoms with van der Waals surface area (Å²) in [5.74, 6) is 0.00123. The Labute approximate surface area is 150 Å². The zero-order valence-corrected chi connectivity index (χ0v) is 13.9. The number of hydrogen-bond donors (Lipinski definition) is 1. The number of nitrogens with one attached hydrogen (secondary N) is 1. The molecule has 1 heterocycles. The molecule has 4 aromatic rings. The Balaban J connectivity index is 1.46. The van der Waals surface area contributed by atoms with Crippen LogP contribution in [0.5, 0.6) is 5.88 Å². The van der Waals surface area contributed by atoms with Crippen LogP contribution in [0.4, 0.5) is 5.69 Å². The summed E-state index contributed by atoms with van der Waals surface area (Å²) in [7, 11) is 0. The van der Waals surface area contributed by atoms with Gasteiger partial charge in [0.1, 0.15) is 6.61 Å². The number of aromatic nitrogens is 1. The van der Waals surface area contributed by atoms with E-state index in [9.17, 15) is 4.79 Å². The van der Waals surface area contributed by atoms with Crippen LogP contribution in [0.3, 0.4) is 0 Å². The van der Waals surface area contributed by atoms with Crippen molar-refractivity contribution in [2.24, 2.45) is 0 Å². The van der Waals surface area contributed by atoms with E-state index < -0.39 is 0 Å². The zero-order valence-electron chi connectivity index (χ0n) is 13.9. The molecular weight excluding hydrogens is 328 g/mol. The summed E-state index contributed by atoms with van der Waals surface area (Å²) in [5.41, 5.74) is 1.73. The van der Waals surface area contributed by atoms with Crippen molar-refractivity contribution in [1.82, 2.24) is 5.16 Å². The third kappa shape index (κ3) is 3.42. The van der Waals surface area contributed by atoms with Crippen molar-refractivity contribution in [3.05, 3.63) is 90.2 Å². The monoisotopic (exact) mass is 344 g/mol. The number of anilines is 1. The Morgan fingerprint density at radius 1 is 0.962 bits per heavy atom. The number of amides is 1. The van der Waals surface area contributed by atoms with Gasteiger partial charge >= 0.3 is 0 Å². The van der Waals surface area contributed by atoms with E-state index >= 15 is 0 Å². The van der Waals surface area contributed by atoms with E-state index in [-0.39, 0.29) is 17.5 Å². The predicted molar refractivity (Wildman–Crippen MR) is 99.2 cm³/mol. The molecule has 0 spiro atoms. The standard InChI is InChI=1S/C21H16N2O3/c24-21(22-18-12-6-10-16-9-4-5-11-17(16)18)19-13-20(23-26-19)25-14-15-7-2-1-3-8-15/h1-13H,14H2,(H,22,24). The molecule has 0 atom stereocenters. The highest BCUT2D eigenvalue weighted by Crippen LogP contribution is 2.24. The molecule has 0 saturated carbocycles. The van der Waals surface area contributed by atoms with Crippen molar-refractivity contribution in [2.45, 2.75) is 6.61 Å². The number of carbonyl (C=O) groups excluding carboxylic acids is 1. The molecule has 0 bridgehead atoms. The average Bonchev–Trinajstić information content (AvgIpc) is 3.17. The molecule has 1 amide bonds. The fourth-order valence-electron chi connectivity index (χ4n) is 2.68. The average molecular weight is 344 g/mol. The maximum atomic E-state index is 12.4. The second kappa shape index (κ2) is 7.11. The fourth-order valence-corrected chi connectivity index (χ4v) is 2.68. The molecule has 0 aliphatic carbocycles. The van der Waals surface area contributed by atoms with E-state index in [1.165, 1.54) is 6.07 Å². The number of benzene rings is 3. The van der Waals surface area contributed by atoms with Gasteiger partial charge < -0.3 is 14.6 Å².